The number of aromatic nitrogens is 1. The fourth-order valence-corrected chi connectivity index (χ4v) is 1.99. The quantitative estimate of drug-likeness (QED) is 0.797. The predicted octanol–water partition coefficient (Wildman–Crippen LogP) is 2.78. The second-order valence-corrected chi connectivity index (χ2v) is 3.75. The van der Waals surface area contributed by atoms with Crippen LogP contribution in [-0.4, -0.2) is 11.4 Å². The molecule has 5 heteroatoms. The van der Waals surface area contributed by atoms with Crippen LogP contribution in [0.2, 0.25) is 0 Å². The Morgan fingerprint density at radius 1 is 1.47 bits per heavy atom. The van der Waals surface area contributed by atoms with Crippen molar-refractivity contribution in [1.82, 2.24) is 5.16 Å². The molecule has 0 saturated carbocycles. The van der Waals surface area contributed by atoms with E-state index in [0.717, 1.165) is 0 Å². The number of benzene rings is 1. The summed E-state index contributed by atoms with van der Waals surface area (Å²) in [5, 5.41) is 3.76. The summed E-state index contributed by atoms with van der Waals surface area (Å²) in [5.74, 6) is -0.0390. The van der Waals surface area contributed by atoms with Gasteiger partial charge in [0.25, 0.3) is 0 Å². The van der Waals surface area contributed by atoms with Crippen molar-refractivity contribution < 1.29 is 8.91 Å². The highest BCUT2D eigenvalue weighted by Gasteiger charge is 2.12. The van der Waals surface area contributed by atoms with Gasteiger partial charge in [-0.25, -0.2) is 4.39 Å². The fraction of sp³-hybridized carbons (Fsp3) is 0.100. The van der Waals surface area contributed by atoms with Crippen LogP contribution in [0, 0.1) is 5.82 Å². The first-order valence-electron chi connectivity index (χ1n) is 4.27. The van der Waals surface area contributed by atoms with E-state index in [9.17, 15) is 4.39 Å². The maximum absolute atomic E-state index is 13.4. The maximum atomic E-state index is 13.4. The molecule has 0 aliphatic carbocycles. The third-order valence-corrected chi connectivity index (χ3v) is 2.80. The molecule has 0 fully saturated rings. The van der Waals surface area contributed by atoms with Crippen LogP contribution in [-0.2, 0) is 0 Å². The van der Waals surface area contributed by atoms with E-state index < -0.39 is 0 Å². The zero-order chi connectivity index (χ0) is 10.8. The third kappa shape index (κ3) is 1.83. The molecule has 2 rings (SSSR count). The Morgan fingerprint density at radius 3 is 2.87 bits per heavy atom. The third-order valence-electron chi connectivity index (χ3n) is 1.98. The van der Waals surface area contributed by atoms with E-state index in [1.54, 1.807) is 18.2 Å². The molecule has 0 atom stereocenters. The molecule has 0 spiro atoms. The van der Waals surface area contributed by atoms with Crippen LogP contribution >= 0.6 is 11.8 Å². The molecule has 1 aromatic heterocycles. The van der Waals surface area contributed by atoms with Gasteiger partial charge in [-0.15, -0.1) is 11.8 Å². The predicted molar refractivity (Wildman–Crippen MR) is 58.1 cm³/mol. The SMILES string of the molecule is CSc1c(F)cccc1-c1cc(N)on1. The zero-order valence-electron chi connectivity index (χ0n) is 8.03. The first kappa shape index (κ1) is 10.0. The second-order valence-electron chi connectivity index (χ2n) is 2.94. The van der Waals surface area contributed by atoms with Gasteiger partial charge < -0.3 is 10.3 Å². The molecule has 0 radical (unpaired) electrons. The van der Waals surface area contributed by atoms with E-state index in [2.05, 4.69) is 5.16 Å². The van der Waals surface area contributed by atoms with Crippen LogP contribution in [0.4, 0.5) is 10.3 Å². The van der Waals surface area contributed by atoms with Gasteiger partial charge in [0.2, 0.25) is 5.88 Å². The molecule has 0 unspecified atom stereocenters. The standard InChI is InChI=1S/C10H9FN2OS/c1-15-10-6(3-2-4-7(10)11)8-5-9(12)14-13-8/h2-5H,12H2,1H3. The van der Waals surface area contributed by atoms with Gasteiger partial charge in [-0.1, -0.05) is 17.3 Å². The minimum absolute atomic E-state index is 0.223. The monoisotopic (exact) mass is 224 g/mol. The number of hydrogen-bond donors (Lipinski definition) is 1. The first-order valence-corrected chi connectivity index (χ1v) is 5.50. The second kappa shape index (κ2) is 3.94. The molecule has 0 saturated heterocycles. The topological polar surface area (TPSA) is 52.0 Å². The molecule has 15 heavy (non-hydrogen) atoms. The average molecular weight is 224 g/mol. The number of nitrogen functional groups attached to an aromatic ring is 1. The van der Waals surface area contributed by atoms with Crippen LogP contribution in [0.1, 0.15) is 0 Å². The van der Waals surface area contributed by atoms with Crippen LogP contribution in [0.25, 0.3) is 11.3 Å². The fourth-order valence-electron chi connectivity index (χ4n) is 1.33. The van der Waals surface area contributed by atoms with Crippen molar-refractivity contribution in [2.75, 3.05) is 12.0 Å². The normalized spacial score (nSPS) is 10.5. The summed E-state index contributed by atoms with van der Waals surface area (Å²) >= 11 is 1.33. The Kier molecular flexibility index (Phi) is 2.64. The van der Waals surface area contributed by atoms with Crippen molar-refractivity contribution in [3.63, 3.8) is 0 Å². The number of halogens is 1. The molecular formula is C10H9FN2OS. The number of nitrogens with two attached hydrogens (primary N) is 1. The summed E-state index contributed by atoms with van der Waals surface area (Å²) in [6, 6.07) is 6.41. The lowest BCUT2D eigenvalue weighted by Gasteiger charge is -2.04. The minimum Gasteiger partial charge on any atom is -0.368 e. The van der Waals surface area contributed by atoms with Gasteiger partial charge in [-0.3, -0.25) is 0 Å². The van der Waals surface area contributed by atoms with Crippen LogP contribution in [0.3, 0.4) is 0 Å². The van der Waals surface area contributed by atoms with Gasteiger partial charge in [-0.05, 0) is 12.3 Å². The van der Waals surface area contributed by atoms with Gasteiger partial charge in [-0.2, -0.15) is 0 Å². The van der Waals surface area contributed by atoms with Crippen LogP contribution in [0.15, 0.2) is 33.7 Å². The molecule has 78 valence electrons. The molecule has 0 aliphatic rings. The van der Waals surface area contributed by atoms with E-state index in [1.807, 2.05) is 6.26 Å². The maximum Gasteiger partial charge on any atom is 0.222 e. The molecular weight excluding hydrogens is 215 g/mol. The lowest BCUT2D eigenvalue weighted by atomic mass is 10.1. The zero-order valence-corrected chi connectivity index (χ0v) is 8.84. The highest BCUT2D eigenvalue weighted by molar-refractivity contribution is 7.98. The summed E-state index contributed by atoms with van der Waals surface area (Å²) in [6.45, 7) is 0. The Balaban J connectivity index is 2.57. The van der Waals surface area contributed by atoms with Gasteiger partial charge in [0, 0.05) is 11.6 Å². The number of anilines is 1. The summed E-state index contributed by atoms with van der Waals surface area (Å²) in [6.07, 6.45) is 1.81. The highest BCUT2D eigenvalue weighted by atomic mass is 32.2. The molecule has 0 aliphatic heterocycles. The average Bonchev–Trinajstić information content (AvgIpc) is 2.64. The molecule has 2 N–H and O–H groups in total. The van der Waals surface area contributed by atoms with Crippen molar-refractivity contribution >= 4 is 17.6 Å². The molecule has 1 aromatic carbocycles. The Morgan fingerprint density at radius 2 is 2.27 bits per heavy atom. The van der Waals surface area contributed by atoms with Crippen molar-refractivity contribution in [2.24, 2.45) is 0 Å². The van der Waals surface area contributed by atoms with Crippen molar-refractivity contribution in [3.8, 4) is 11.3 Å². The molecule has 0 amide bonds. The van der Waals surface area contributed by atoms with Gasteiger partial charge in [0.05, 0.1) is 4.90 Å². The molecule has 1 heterocycles. The molecule has 2 aromatic rings. The number of nitrogens with zero attached hydrogens (tertiary/aromatic N) is 1. The summed E-state index contributed by atoms with van der Waals surface area (Å²) < 4.78 is 18.2. The van der Waals surface area contributed by atoms with Crippen molar-refractivity contribution in [3.05, 3.63) is 30.1 Å². The van der Waals surface area contributed by atoms with Crippen molar-refractivity contribution in [2.45, 2.75) is 4.90 Å². The van der Waals surface area contributed by atoms with Gasteiger partial charge in [0.1, 0.15) is 11.5 Å². The van der Waals surface area contributed by atoms with Gasteiger partial charge >= 0.3 is 0 Å². The minimum atomic E-state index is -0.262. The van der Waals surface area contributed by atoms with E-state index in [0.29, 0.717) is 16.2 Å². The number of rotatable bonds is 2. The number of thioether (sulfide) groups is 1. The van der Waals surface area contributed by atoms with E-state index in [1.165, 1.54) is 17.8 Å². The van der Waals surface area contributed by atoms with Crippen molar-refractivity contribution in [1.29, 1.82) is 0 Å². The first-order chi connectivity index (χ1) is 7.22. The smallest absolute Gasteiger partial charge is 0.222 e. The van der Waals surface area contributed by atoms with E-state index >= 15 is 0 Å². The number of hydrogen-bond acceptors (Lipinski definition) is 4. The van der Waals surface area contributed by atoms with E-state index in [4.69, 9.17) is 10.3 Å². The van der Waals surface area contributed by atoms with E-state index in [-0.39, 0.29) is 11.7 Å². The van der Waals surface area contributed by atoms with Crippen LogP contribution < -0.4 is 5.73 Å². The Bertz CT molecular complexity index is 484. The van der Waals surface area contributed by atoms with Gasteiger partial charge in [0.15, 0.2) is 0 Å². The van der Waals surface area contributed by atoms with Crippen LogP contribution in [0.5, 0.6) is 0 Å². The largest absolute Gasteiger partial charge is 0.368 e. The Hall–Kier alpha value is -1.49. The summed E-state index contributed by atoms with van der Waals surface area (Å²) in [5.41, 5.74) is 6.67. The molecule has 0 bridgehead atoms. The summed E-state index contributed by atoms with van der Waals surface area (Å²) in [4.78, 5) is 0.547. The lowest BCUT2D eigenvalue weighted by molar-refractivity contribution is 0.439. The lowest BCUT2D eigenvalue weighted by Crippen LogP contribution is -1.86. The Labute approximate surface area is 90.4 Å². The molecule has 3 nitrogen and oxygen atoms in total. The highest BCUT2D eigenvalue weighted by Crippen LogP contribution is 2.32. The summed E-state index contributed by atoms with van der Waals surface area (Å²) in [7, 11) is 0.